The standard InChI is InChI=1S/C7H6INO/c8-5-3-6-7(10)1-2-9(6)4-5/h3-4H,1-2H2. The number of nitrogens with zero attached hydrogens (tertiary/aromatic N) is 1. The summed E-state index contributed by atoms with van der Waals surface area (Å²) in [5, 5.41) is 0. The molecule has 0 aliphatic carbocycles. The Bertz CT molecular complexity index is 290. The fourth-order valence-corrected chi connectivity index (χ4v) is 1.88. The Balaban J connectivity index is 2.59. The van der Waals surface area contributed by atoms with E-state index in [4.69, 9.17) is 0 Å². The van der Waals surface area contributed by atoms with E-state index in [1.54, 1.807) is 0 Å². The first kappa shape index (κ1) is 6.39. The van der Waals surface area contributed by atoms with Crippen molar-refractivity contribution >= 4 is 28.4 Å². The average molecular weight is 247 g/mol. The number of aryl methyl sites for hydroxylation is 1. The molecule has 10 heavy (non-hydrogen) atoms. The Labute approximate surface area is 72.4 Å². The van der Waals surface area contributed by atoms with E-state index in [1.165, 1.54) is 0 Å². The van der Waals surface area contributed by atoms with Gasteiger partial charge in [-0.25, -0.2) is 0 Å². The quantitative estimate of drug-likeness (QED) is 0.639. The monoisotopic (exact) mass is 247 g/mol. The third-order valence-corrected chi connectivity index (χ3v) is 2.32. The second-order valence-electron chi connectivity index (χ2n) is 2.41. The first-order chi connectivity index (χ1) is 4.77. The van der Waals surface area contributed by atoms with Crippen LogP contribution in [0.5, 0.6) is 0 Å². The predicted octanol–water partition coefficient (Wildman–Crippen LogP) is 1.68. The lowest BCUT2D eigenvalue weighted by atomic mass is 10.3. The summed E-state index contributed by atoms with van der Waals surface area (Å²) in [6, 6.07) is 1.94. The maximum absolute atomic E-state index is 11.1. The lowest BCUT2D eigenvalue weighted by Gasteiger charge is -1.89. The molecule has 2 heterocycles. The van der Waals surface area contributed by atoms with Crippen LogP contribution < -0.4 is 0 Å². The summed E-state index contributed by atoms with van der Waals surface area (Å²) >= 11 is 2.22. The molecule has 2 rings (SSSR count). The van der Waals surface area contributed by atoms with Gasteiger partial charge in [0.05, 0.1) is 5.69 Å². The van der Waals surface area contributed by atoms with Gasteiger partial charge in [0.2, 0.25) is 0 Å². The van der Waals surface area contributed by atoms with Crippen LogP contribution in [-0.4, -0.2) is 10.4 Å². The molecule has 3 heteroatoms. The molecule has 0 amide bonds. The molecule has 0 fully saturated rings. The van der Waals surface area contributed by atoms with Gasteiger partial charge < -0.3 is 4.57 Å². The van der Waals surface area contributed by atoms with Gasteiger partial charge in [-0.15, -0.1) is 0 Å². The van der Waals surface area contributed by atoms with E-state index < -0.39 is 0 Å². The minimum Gasteiger partial charge on any atom is -0.344 e. The van der Waals surface area contributed by atoms with Crippen LogP contribution in [0.4, 0.5) is 0 Å². The molecule has 2 nitrogen and oxygen atoms in total. The normalized spacial score (nSPS) is 15.9. The minimum absolute atomic E-state index is 0.280. The third kappa shape index (κ3) is 0.801. The highest BCUT2D eigenvalue weighted by Crippen LogP contribution is 2.18. The molecule has 1 aliphatic rings. The van der Waals surface area contributed by atoms with E-state index in [9.17, 15) is 4.79 Å². The fraction of sp³-hybridized carbons (Fsp3) is 0.286. The van der Waals surface area contributed by atoms with Crippen molar-refractivity contribution in [2.24, 2.45) is 0 Å². The van der Waals surface area contributed by atoms with E-state index in [0.29, 0.717) is 6.42 Å². The van der Waals surface area contributed by atoms with Crippen molar-refractivity contribution in [2.75, 3.05) is 0 Å². The topological polar surface area (TPSA) is 22.0 Å². The summed E-state index contributed by atoms with van der Waals surface area (Å²) in [6.07, 6.45) is 2.70. The van der Waals surface area contributed by atoms with E-state index in [2.05, 4.69) is 22.6 Å². The lowest BCUT2D eigenvalue weighted by molar-refractivity contribution is 0.0994. The summed E-state index contributed by atoms with van der Waals surface area (Å²) in [5.74, 6) is 0.280. The van der Waals surface area contributed by atoms with E-state index in [-0.39, 0.29) is 5.78 Å². The number of fused-ring (bicyclic) bond motifs is 1. The van der Waals surface area contributed by atoms with Gasteiger partial charge in [-0.05, 0) is 28.7 Å². The molecule has 1 aliphatic heterocycles. The number of hydrogen-bond donors (Lipinski definition) is 0. The zero-order chi connectivity index (χ0) is 7.14. The fourth-order valence-electron chi connectivity index (χ4n) is 1.24. The summed E-state index contributed by atoms with van der Waals surface area (Å²) in [7, 11) is 0. The van der Waals surface area contributed by atoms with Gasteiger partial charge in [0.1, 0.15) is 0 Å². The molecule has 0 aromatic carbocycles. The Morgan fingerprint density at radius 3 is 3.10 bits per heavy atom. The second-order valence-corrected chi connectivity index (χ2v) is 3.66. The van der Waals surface area contributed by atoms with Crippen molar-refractivity contribution in [3.05, 3.63) is 21.5 Å². The van der Waals surface area contributed by atoms with Crippen LogP contribution in [0.25, 0.3) is 0 Å². The Kier molecular flexibility index (Phi) is 1.33. The molecule has 0 N–H and O–H groups in total. The highest BCUT2D eigenvalue weighted by atomic mass is 127. The molecule has 0 unspecified atom stereocenters. The molecule has 1 aromatic heterocycles. The number of ketones is 1. The molecule has 0 saturated heterocycles. The summed E-state index contributed by atoms with van der Waals surface area (Å²) in [4.78, 5) is 11.1. The number of carbonyl (C=O) groups is 1. The van der Waals surface area contributed by atoms with Gasteiger partial charge in [0.15, 0.2) is 5.78 Å². The van der Waals surface area contributed by atoms with Crippen molar-refractivity contribution in [2.45, 2.75) is 13.0 Å². The number of halogens is 1. The van der Waals surface area contributed by atoms with Crippen LogP contribution in [0, 0.1) is 3.57 Å². The largest absolute Gasteiger partial charge is 0.344 e. The smallest absolute Gasteiger partial charge is 0.181 e. The average Bonchev–Trinajstić information content (AvgIpc) is 2.35. The van der Waals surface area contributed by atoms with Gasteiger partial charge in [-0.1, -0.05) is 0 Å². The number of Topliss-reactive ketones (excluding diaryl/α,β-unsaturated/α-hetero) is 1. The lowest BCUT2D eigenvalue weighted by Crippen LogP contribution is -1.89. The molecule has 0 spiro atoms. The third-order valence-electron chi connectivity index (χ3n) is 1.73. The van der Waals surface area contributed by atoms with Gasteiger partial charge in [0, 0.05) is 22.7 Å². The van der Waals surface area contributed by atoms with Gasteiger partial charge in [-0.3, -0.25) is 4.79 Å². The van der Waals surface area contributed by atoms with Crippen LogP contribution in [-0.2, 0) is 6.54 Å². The molecule has 1 aromatic rings. The highest BCUT2D eigenvalue weighted by molar-refractivity contribution is 14.1. The zero-order valence-electron chi connectivity index (χ0n) is 5.30. The number of rotatable bonds is 0. The van der Waals surface area contributed by atoms with Crippen molar-refractivity contribution < 1.29 is 4.79 Å². The van der Waals surface area contributed by atoms with Crippen molar-refractivity contribution in [1.82, 2.24) is 4.57 Å². The van der Waals surface area contributed by atoms with Crippen LogP contribution in [0.1, 0.15) is 16.9 Å². The second kappa shape index (κ2) is 2.08. The van der Waals surface area contributed by atoms with Crippen molar-refractivity contribution in [1.29, 1.82) is 0 Å². The Hall–Kier alpha value is -0.320. The summed E-state index contributed by atoms with van der Waals surface area (Å²) in [6.45, 7) is 0.872. The van der Waals surface area contributed by atoms with Crippen molar-refractivity contribution in [3.8, 4) is 0 Å². The first-order valence-electron chi connectivity index (χ1n) is 3.16. The van der Waals surface area contributed by atoms with E-state index in [1.807, 2.05) is 16.8 Å². The van der Waals surface area contributed by atoms with Crippen molar-refractivity contribution in [3.63, 3.8) is 0 Å². The molecule has 0 atom stereocenters. The summed E-state index contributed by atoms with van der Waals surface area (Å²) in [5.41, 5.74) is 0.879. The number of carbonyl (C=O) groups excluding carboxylic acids is 1. The maximum atomic E-state index is 11.1. The SMILES string of the molecule is O=C1CCn2cc(I)cc21. The zero-order valence-corrected chi connectivity index (χ0v) is 7.46. The van der Waals surface area contributed by atoms with E-state index >= 15 is 0 Å². The van der Waals surface area contributed by atoms with Gasteiger partial charge in [0.25, 0.3) is 0 Å². The minimum atomic E-state index is 0.280. The van der Waals surface area contributed by atoms with Crippen LogP contribution in [0.15, 0.2) is 12.3 Å². The van der Waals surface area contributed by atoms with E-state index in [0.717, 1.165) is 15.8 Å². The molecule has 52 valence electrons. The number of aromatic nitrogens is 1. The highest BCUT2D eigenvalue weighted by Gasteiger charge is 2.18. The Morgan fingerprint density at radius 1 is 1.60 bits per heavy atom. The molecule has 0 saturated carbocycles. The molecule has 0 radical (unpaired) electrons. The molecular formula is C7H6INO. The number of hydrogen-bond acceptors (Lipinski definition) is 1. The summed E-state index contributed by atoms with van der Waals surface area (Å²) < 4.78 is 3.17. The maximum Gasteiger partial charge on any atom is 0.181 e. The van der Waals surface area contributed by atoms with Crippen LogP contribution in [0.3, 0.4) is 0 Å². The molecular weight excluding hydrogens is 241 g/mol. The van der Waals surface area contributed by atoms with Crippen LogP contribution in [0.2, 0.25) is 0 Å². The predicted molar refractivity (Wildman–Crippen MR) is 46.1 cm³/mol. The van der Waals surface area contributed by atoms with Crippen LogP contribution >= 0.6 is 22.6 Å². The Morgan fingerprint density at radius 2 is 2.40 bits per heavy atom. The first-order valence-corrected chi connectivity index (χ1v) is 4.24. The molecule has 0 bridgehead atoms. The van der Waals surface area contributed by atoms with Gasteiger partial charge in [-0.2, -0.15) is 0 Å². The van der Waals surface area contributed by atoms with Gasteiger partial charge >= 0.3 is 0 Å².